The molecule has 4 heterocycles. The second kappa shape index (κ2) is 17.9. The fourth-order valence-corrected chi connectivity index (χ4v) is 5.44. The van der Waals surface area contributed by atoms with Crippen LogP contribution in [0.15, 0.2) is 52.9 Å². The van der Waals surface area contributed by atoms with Gasteiger partial charge in [-0.05, 0) is 62.4 Å². The van der Waals surface area contributed by atoms with Crippen molar-refractivity contribution in [1.29, 1.82) is 0 Å². The molecule has 0 radical (unpaired) electrons. The Morgan fingerprint density at radius 3 is 1.42 bits per heavy atom. The van der Waals surface area contributed by atoms with Gasteiger partial charge >= 0.3 is 30.3 Å². The second-order valence-corrected chi connectivity index (χ2v) is 14.1. The molecule has 0 aliphatic carbocycles. The van der Waals surface area contributed by atoms with Crippen LogP contribution in [0.1, 0.15) is 51.4 Å². The normalized spacial score (nSPS) is 15.4. The van der Waals surface area contributed by atoms with E-state index in [1.165, 1.54) is 50.5 Å². The van der Waals surface area contributed by atoms with Gasteiger partial charge in [-0.15, -0.1) is 10.2 Å². The maximum absolute atomic E-state index is 12.9. The Balaban J connectivity index is 0.000000236. The van der Waals surface area contributed by atoms with Gasteiger partial charge in [0.05, 0.1) is 6.04 Å². The topological polar surface area (TPSA) is 262 Å². The van der Waals surface area contributed by atoms with Crippen molar-refractivity contribution in [3.63, 3.8) is 0 Å². The van der Waals surface area contributed by atoms with E-state index < -0.39 is 77.4 Å². The average molecular weight is 870 g/mol. The molecule has 2 aliphatic heterocycles. The number of nitrogens with one attached hydrogen (secondary N) is 2. The predicted octanol–water partition coefficient (Wildman–Crippen LogP) is 3.87. The summed E-state index contributed by atoms with van der Waals surface area (Å²) >= 11 is 0. The van der Waals surface area contributed by atoms with E-state index >= 15 is 0 Å². The molecule has 2 aromatic carbocycles. The SMILES string of the molecule is CC(C)c1nnc(Oc2ccc(NC(=O)C3C(=O)N(C)C(=O)N(C)C3=O)cc2)o1.CC(C)n1nc(C(F)(F)F)nc1Oc1ccc(NC(=O)C2C(=O)N(C)C(=O)N(C)C2=O)cc1. The molecule has 0 unspecified atom stereocenters. The summed E-state index contributed by atoms with van der Waals surface area (Å²) in [6.45, 7) is 7.02. The number of aromatic nitrogens is 5. The van der Waals surface area contributed by atoms with Gasteiger partial charge in [0.15, 0.2) is 11.8 Å². The number of hydrogen-bond donors (Lipinski definition) is 2. The summed E-state index contributed by atoms with van der Waals surface area (Å²) in [6.07, 6.45) is -4.76. The predicted molar refractivity (Wildman–Crippen MR) is 203 cm³/mol. The minimum Gasteiger partial charge on any atom is -0.424 e. The molecule has 10 amide bonds. The van der Waals surface area contributed by atoms with Crippen LogP contribution in [0.3, 0.4) is 0 Å². The standard InChI is InChI=1S/C19H19F3N6O5.C18H19N5O6/c1-9(2)28-17(24-16(25-28)19(20,21)22)33-11-7-5-10(6-8-11)23-13(29)12-14(30)26(3)18(32)27(4)15(12)31;1-9(2)14-20-21-17(29-14)28-11-7-5-10(6-8-11)19-13(24)12-15(25)22(3)18(27)23(4)16(12)26/h5-9,12H,1-4H3,(H,23,29);5-9,12H,1-4H3,(H,19,24). The number of urea groups is 2. The number of imide groups is 4. The minimum absolute atomic E-state index is 0.0142. The van der Waals surface area contributed by atoms with Gasteiger partial charge < -0.3 is 24.5 Å². The Hall–Kier alpha value is -7.73. The largest absolute Gasteiger partial charge is 0.453 e. The van der Waals surface area contributed by atoms with Crippen molar-refractivity contribution in [2.45, 2.75) is 45.8 Å². The highest BCUT2D eigenvalue weighted by Gasteiger charge is 2.48. The summed E-state index contributed by atoms with van der Waals surface area (Å²) in [6, 6.07) is 9.04. The molecule has 0 spiro atoms. The number of carbonyl (C=O) groups is 8. The fourth-order valence-electron chi connectivity index (χ4n) is 5.44. The van der Waals surface area contributed by atoms with E-state index in [4.69, 9.17) is 13.9 Å². The van der Waals surface area contributed by atoms with E-state index in [-0.39, 0.29) is 29.4 Å². The summed E-state index contributed by atoms with van der Waals surface area (Å²) in [5.74, 6) is -9.19. The lowest BCUT2D eigenvalue weighted by Gasteiger charge is -2.32. The van der Waals surface area contributed by atoms with E-state index in [2.05, 4.69) is 30.9 Å². The summed E-state index contributed by atoms with van der Waals surface area (Å²) < 4.78 is 56.0. The molecule has 0 atom stereocenters. The first-order valence-corrected chi connectivity index (χ1v) is 18.2. The molecule has 2 aliphatic rings. The monoisotopic (exact) mass is 869 g/mol. The van der Waals surface area contributed by atoms with Crippen LogP contribution < -0.4 is 20.1 Å². The number of alkyl halides is 3. The van der Waals surface area contributed by atoms with Crippen LogP contribution >= 0.6 is 0 Å². The molecule has 2 N–H and O–H groups in total. The molecule has 62 heavy (non-hydrogen) atoms. The highest BCUT2D eigenvalue weighted by Crippen LogP contribution is 2.32. The minimum atomic E-state index is -4.74. The van der Waals surface area contributed by atoms with Gasteiger partial charge in [0.1, 0.15) is 11.5 Å². The van der Waals surface area contributed by atoms with Crippen molar-refractivity contribution < 1.29 is 65.4 Å². The van der Waals surface area contributed by atoms with E-state index in [0.717, 1.165) is 28.6 Å². The molecule has 2 aromatic heterocycles. The number of amides is 10. The Kier molecular flexibility index (Phi) is 13.1. The first-order valence-electron chi connectivity index (χ1n) is 18.2. The maximum Gasteiger partial charge on any atom is 0.453 e. The van der Waals surface area contributed by atoms with Crippen LogP contribution in [0.5, 0.6) is 23.6 Å². The average Bonchev–Trinajstić information content (AvgIpc) is 3.88. The van der Waals surface area contributed by atoms with Crippen LogP contribution in [-0.2, 0) is 34.9 Å². The molecular formula is C37H38F3N11O11. The van der Waals surface area contributed by atoms with Crippen LogP contribution in [0.25, 0.3) is 0 Å². The zero-order valence-corrected chi connectivity index (χ0v) is 34.1. The third kappa shape index (κ3) is 9.66. The molecule has 0 bridgehead atoms. The maximum atomic E-state index is 12.9. The van der Waals surface area contributed by atoms with Gasteiger partial charge in [-0.25, -0.2) is 14.3 Å². The number of hydrogen-bond acceptors (Lipinski definition) is 15. The zero-order valence-electron chi connectivity index (χ0n) is 34.1. The van der Waals surface area contributed by atoms with E-state index in [1.54, 1.807) is 26.0 Å². The van der Waals surface area contributed by atoms with Gasteiger partial charge in [-0.2, -0.15) is 18.2 Å². The number of halogens is 3. The first-order chi connectivity index (χ1) is 29.0. The summed E-state index contributed by atoms with van der Waals surface area (Å²) in [7, 11) is 4.73. The van der Waals surface area contributed by atoms with Crippen molar-refractivity contribution in [2.24, 2.45) is 11.8 Å². The van der Waals surface area contributed by atoms with Gasteiger partial charge in [0, 0.05) is 45.5 Å². The molecule has 2 saturated heterocycles. The lowest BCUT2D eigenvalue weighted by molar-refractivity contribution is -0.153. The van der Waals surface area contributed by atoms with Crippen molar-refractivity contribution in [3.05, 3.63) is 60.2 Å². The summed E-state index contributed by atoms with van der Waals surface area (Å²) in [4.78, 5) is 103. The number of barbiturate groups is 2. The number of anilines is 2. The Morgan fingerprint density at radius 2 is 1.06 bits per heavy atom. The molecule has 0 saturated carbocycles. The Morgan fingerprint density at radius 1 is 0.661 bits per heavy atom. The van der Waals surface area contributed by atoms with Crippen LogP contribution in [0.4, 0.5) is 34.1 Å². The highest BCUT2D eigenvalue weighted by molar-refractivity contribution is 6.28. The number of rotatable bonds is 10. The fraction of sp³-hybridized carbons (Fsp3) is 0.351. The molecule has 2 fully saturated rings. The number of carbonyl (C=O) groups excluding carboxylic acids is 8. The van der Waals surface area contributed by atoms with Gasteiger partial charge in [0.25, 0.3) is 29.5 Å². The highest BCUT2D eigenvalue weighted by atomic mass is 19.4. The van der Waals surface area contributed by atoms with E-state index in [1.807, 2.05) is 13.8 Å². The molecule has 22 nitrogen and oxygen atoms in total. The molecule has 25 heteroatoms. The Labute approximate surface area is 348 Å². The lowest BCUT2D eigenvalue weighted by Crippen LogP contribution is -2.59. The Bertz CT molecular complexity index is 2370. The number of benzene rings is 2. The molecular weight excluding hydrogens is 831 g/mol. The lowest BCUT2D eigenvalue weighted by atomic mass is 10.0. The first kappa shape index (κ1) is 45.4. The van der Waals surface area contributed by atoms with Crippen LogP contribution in [-0.4, -0.2) is 120 Å². The van der Waals surface area contributed by atoms with Gasteiger partial charge in [0.2, 0.25) is 17.7 Å². The molecule has 328 valence electrons. The third-order valence-corrected chi connectivity index (χ3v) is 8.90. The van der Waals surface area contributed by atoms with E-state index in [9.17, 15) is 51.5 Å². The van der Waals surface area contributed by atoms with Crippen molar-refractivity contribution >= 4 is 58.9 Å². The van der Waals surface area contributed by atoms with E-state index in [0.29, 0.717) is 27.1 Å². The van der Waals surface area contributed by atoms with Crippen molar-refractivity contribution in [1.82, 2.24) is 44.6 Å². The summed E-state index contributed by atoms with van der Waals surface area (Å²) in [5, 5.41) is 15.9. The molecule has 4 aromatic rings. The van der Waals surface area contributed by atoms with Crippen LogP contribution in [0.2, 0.25) is 0 Å². The summed E-state index contributed by atoms with van der Waals surface area (Å²) in [5.41, 5.74) is 0.509. The molecule has 6 rings (SSSR count). The quantitative estimate of drug-likeness (QED) is 0.214. The van der Waals surface area contributed by atoms with Crippen molar-refractivity contribution in [3.8, 4) is 23.6 Å². The van der Waals surface area contributed by atoms with Crippen LogP contribution in [0, 0.1) is 11.8 Å². The van der Waals surface area contributed by atoms with Crippen molar-refractivity contribution in [2.75, 3.05) is 38.8 Å². The third-order valence-electron chi connectivity index (χ3n) is 8.90. The number of ether oxygens (including phenoxy) is 2. The van der Waals surface area contributed by atoms with Gasteiger partial charge in [-0.3, -0.25) is 48.4 Å². The van der Waals surface area contributed by atoms with Gasteiger partial charge in [-0.1, -0.05) is 18.9 Å². The number of nitrogens with zero attached hydrogens (tertiary/aromatic N) is 9. The smallest absolute Gasteiger partial charge is 0.424 e. The second-order valence-electron chi connectivity index (χ2n) is 14.1. The zero-order chi connectivity index (χ0) is 46.0.